The summed E-state index contributed by atoms with van der Waals surface area (Å²) in [6, 6.07) is 4.82. The van der Waals surface area contributed by atoms with Crippen molar-refractivity contribution < 1.29 is 9.59 Å². The van der Waals surface area contributed by atoms with E-state index < -0.39 is 6.03 Å². The van der Waals surface area contributed by atoms with Gasteiger partial charge in [0.05, 0.1) is 10.9 Å². The Labute approximate surface area is 112 Å². The van der Waals surface area contributed by atoms with Crippen molar-refractivity contribution in [3.8, 4) is 0 Å². The zero-order valence-electron chi connectivity index (χ0n) is 9.04. The summed E-state index contributed by atoms with van der Waals surface area (Å²) in [5.74, 6) is -0.468. The molecule has 1 aromatic carbocycles. The van der Waals surface area contributed by atoms with E-state index in [2.05, 4.69) is 21.2 Å². The maximum Gasteiger partial charge on any atom is 0.328 e. The minimum absolute atomic E-state index is 0.227. The summed E-state index contributed by atoms with van der Waals surface area (Å²) in [5, 5.41) is 2.83. The van der Waals surface area contributed by atoms with E-state index in [1.165, 1.54) is 4.90 Å². The van der Waals surface area contributed by atoms with Gasteiger partial charge in [-0.2, -0.15) is 0 Å². The molecule has 1 atom stereocenters. The van der Waals surface area contributed by atoms with E-state index in [-0.39, 0.29) is 11.8 Å². The quantitative estimate of drug-likeness (QED) is 0.866. The molecule has 0 aliphatic carbocycles. The molecule has 1 aliphatic rings. The third kappa shape index (κ3) is 2.45. The molecular formula is C11H10BrClN2O2. The lowest BCUT2D eigenvalue weighted by molar-refractivity contribution is -0.123. The normalized spacial score (nSPS) is 20.4. The maximum atomic E-state index is 11.7. The van der Waals surface area contributed by atoms with E-state index in [1.54, 1.807) is 25.1 Å². The average molecular weight is 318 g/mol. The Balaban J connectivity index is 2.30. The van der Waals surface area contributed by atoms with Crippen molar-refractivity contribution in [2.75, 3.05) is 11.4 Å². The lowest BCUT2D eigenvalue weighted by Crippen LogP contribution is -2.53. The first-order chi connectivity index (χ1) is 7.99. The smallest absolute Gasteiger partial charge is 0.293 e. The molecule has 0 spiro atoms. The van der Waals surface area contributed by atoms with Gasteiger partial charge in [-0.1, -0.05) is 18.5 Å². The number of benzene rings is 1. The van der Waals surface area contributed by atoms with Crippen LogP contribution in [0.15, 0.2) is 22.7 Å². The fraction of sp³-hybridized carbons (Fsp3) is 0.273. The SMILES string of the molecule is CC1CN(c2ccc(Br)c(Cl)c2)C(=O)NC1=O. The standard InChI is InChI=1S/C11H10BrClN2O2/c1-6-5-15(11(17)14-10(6)16)7-2-3-8(12)9(13)4-7/h2-4,6H,5H2,1H3,(H,14,16,17). The van der Waals surface area contributed by atoms with Gasteiger partial charge in [-0.15, -0.1) is 0 Å². The van der Waals surface area contributed by atoms with Gasteiger partial charge in [0.25, 0.3) is 0 Å². The molecule has 1 heterocycles. The largest absolute Gasteiger partial charge is 0.328 e. The van der Waals surface area contributed by atoms with E-state index in [0.717, 1.165) is 4.47 Å². The van der Waals surface area contributed by atoms with Gasteiger partial charge in [0.2, 0.25) is 5.91 Å². The molecule has 1 N–H and O–H groups in total. The van der Waals surface area contributed by atoms with Gasteiger partial charge >= 0.3 is 6.03 Å². The second-order valence-electron chi connectivity index (χ2n) is 3.90. The van der Waals surface area contributed by atoms with Gasteiger partial charge in [-0.25, -0.2) is 4.79 Å². The van der Waals surface area contributed by atoms with Gasteiger partial charge in [0, 0.05) is 16.7 Å². The van der Waals surface area contributed by atoms with Crippen LogP contribution in [0.5, 0.6) is 0 Å². The van der Waals surface area contributed by atoms with Crippen LogP contribution in [-0.4, -0.2) is 18.5 Å². The second-order valence-corrected chi connectivity index (χ2v) is 5.17. The van der Waals surface area contributed by atoms with Crippen molar-refractivity contribution in [2.45, 2.75) is 6.92 Å². The molecule has 0 radical (unpaired) electrons. The highest BCUT2D eigenvalue weighted by Crippen LogP contribution is 2.28. The fourth-order valence-electron chi connectivity index (χ4n) is 1.61. The summed E-state index contributed by atoms with van der Waals surface area (Å²) < 4.78 is 0.768. The lowest BCUT2D eigenvalue weighted by atomic mass is 10.1. The number of halogens is 2. The molecule has 17 heavy (non-hydrogen) atoms. The Morgan fingerprint density at radius 2 is 2.18 bits per heavy atom. The van der Waals surface area contributed by atoms with Gasteiger partial charge in [0.1, 0.15) is 0 Å². The first-order valence-electron chi connectivity index (χ1n) is 5.06. The van der Waals surface area contributed by atoms with Gasteiger partial charge in [-0.05, 0) is 34.1 Å². The summed E-state index contributed by atoms with van der Waals surface area (Å²) in [5.41, 5.74) is 0.676. The molecule has 0 saturated carbocycles. The van der Waals surface area contributed by atoms with Crippen LogP contribution in [0.2, 0.25) is 5.02 Å². The number of amides is 3. The fourth-order valence-corrected chi connectivity index (χ4v) is 2.03. The Bertz CT molecular complexity index is 492. The van der Waals surface area contributed by atoms with Crippen LogP contribution < -0.4 is 10.2 Å². The Morgan fingerprint density at radius 1 is 1.47 bits per heavy atom. The molecular weight excluding hydrogens is 307 g/mol. The summed E-state index contributed by atoms with van der Waals surface area (Å²) >= 11 is 9.26. The Morgan fingerprint density at radius 3 is 2.82 bits per heavy atom. The summed E-state index contributed by atoms with van der Waals surface area (Å²) in [4.78, 5) is 24.5. The predicted octanol–water partition coefficient (Wildman–Crippen LogP) is 2.79. The summed E-state index contributed by atoms with van der Waals surface area (Å²) in [6.07, 6.45) is 0. The van der Waals surface area contributed by atoms with Crippen LogP contribution in [0.25, 0.3) is 0 Å². The minimum Gasteiger partial charge on any atom is -0.293 e. The number of hydrogen-bond donors (Lipinski definition) is 1. The number of anilines is 1. The van der Waals surface area contributed by atoms with Gasteiger partial charge < -0.3 is 0 Å². The van der Waals surface area contributed by atoms with Crippen molar-refractivity contribution >= 4 is 45.2 Å². The highest BCUT2D eigenvalue weighted by atomic mass is 79.9. The average Bonchev–Trinajstić information content (AvgIpc) is 2.27. The molecule has 1 aromatic rings. The first-order valence-corrected chi connectivity index (χ1v) is 6.23. The molecule has 1 fully saturated rings. The molecule has 1 unspecified atom stereocenters. The van der Waals surface area contributed by atoms with Crippen LogP contribution in [0.3, 0.4) is 0 Å². The minimum atomic E-state index is -0.411. The van der Waals surface area contributed by atoms with E-state index in [4.69, 9.17) is 11.6 Å². The number of rotatable bonds is 1. The van der Waals surface area contributed by atoms with E-state index >= 15 is 0 Å². The first kappa shape index (κ1) is 12.4. The van der Waals surface area contributed by atoms with E-state index in [9.17, 15) is 9.59 Å². The molecule has 90 valence electrons. The molecule has 4 nitrogen and oxygen atoms in total. The molecule has 0 bridgehead atoms. The van der Waals surface area contributed by atoms with Crippen LogP contribution in [0.4, 0.5) is 10.5 Å². The highest BCUT2D eigenvalue weighted by Gasteiger charge is 2.30. The third-order valence-electron chi connectivity index (χ3n) is 2.59. The molecule has 1 saturated heterocycles. The summed E-state index contributed by atoms with van der Waals surface area (Å²) in [7, 11) is 0. The van der Waals surface area contributed by atoms with E-state index in [1.807, 2.05) is 0 Å². The predicted molar refractivity (Wildman–Crippen MR) is 69.2 cm³/mol. The van der Waals surface area contributed by atoms with Crippen molar-refractivity contribution in [3.63, 3.8) is 0 Å². The molecule has 2 rings (SSSR count). The van der Waals surface area contributed by atoms with Crippen molar-refractivity contribution in [1.82, 2.24) is 5.32 Å². The number of carbonyl (C=O) groups excluding carboxylic acids is 2. The Kier molecular flexibility index (Phi) is 3.40. The van der Waals surface area contributed by atoms with Gasteiger partial charge in [0.15, 0.2) is 0 Å². The molecule has 6 heteroatoms. The maximum absolute atomic E-state index is 11.7. The monoisotopic (exact) mass is 316 g/mol. The molecule has 0 aromatic heterocycles. The zero-order chi connectivity index (χ0) is 12.6. The van der Waals surface area contributed by atoms with E-state index in [0.29, 0.717) is 17.3 Å². The number of nitrogens with zero attached hydrogens (tertiary/aromatic N) is 1. The molecule has 1 aliphatic heterocycles. The number of hydrogen-bond acceptors (Lipinski definition) is 2. The number of nitrogens with one attached hydrogen (secondary N) is 1. The zero-order valence-corrected chi connectivity index (χ0v) is 11.4. The second kappa shape index (κ2) is 4.66. The number of urea groups is 1. The van der Waals surface area contributed by atoms with Crippen molar-refractivity contribution in [1.29, 1.82) is 0 Å². The molecule has 3 amide bonds. The number of carbonyl (C=O) groups is 2. The van der Waals surface area contributed by atoms with Crippen molar-refractivity contribution in [2.24, 2.45) is 5.92 Å². The van der Waals surface area contributed by atoms with Crippen LogP contribution in [0.1, 0.15) is 6.92 Å². The van der Waals surface area contributed by atoms with Gasteiger partial charge in [-0.3, -0.25) is 15.0 Å². The van der Waals surface area contributed by atoms with Crippen LogP contribution >= 0.6 is 27.5 Å². The topological polar surface area (TPSA) is 49.4 Å². The Hall–Kier alpha value is -1.07. The highest BCUT2D eigenvalue weighted by molar-refractivity contribution is 9.10. The van der Waals surface area contributed by atoms with Crippen molar-refractivity contribution in [3.05, 3.63) is 27.7 Å². The lowest BCUT2D eigenvalue weighted by Gasteiger charge is -2.30. The van der Waals surface area contributed by atoms with Crippen LogP contribution in [-0.2, 0) is 4.79 Å². The summed E-state index contributed by atoms with van der Waals surface area (Å²) in [6.45, 7) is 2.14. The number of imide groups is 1. The third-order valence-corrected chi connectivity index (χ3v) is 3.83. The van der Waals surface area contributed by atoms with Crippen LogP contribution in [0, 0.1) is 5.92 Å².